The molecule has 0 radical (unpaired) electrons. The van der Waals surface area contributed by atoms with Gasteiger partial charge in [0.05, 0.1) is 0 Å². The Morgan fingerprint density at radius 1 is 0.583 bits per heavy atom. The van der Waals surface area contributed by atoms with Crippen LogP contribution in [0.2, 0.25) is 0 Å². The molecule has 2 aromatic rings. The third-order valence-electron chi connectivity index (χ3n) is 5.67. The first-order valence-electron chi connectivity index (χ1n) is 11.2. The van der Waals surface area contributed by atoms with Crippen molar-refractivity contribution in [3.63, 3.8) is 0 Å². The van der Waals surface area contributed by atoms with Crippen LogP contribution in [-0.4, -0.2) is 6.88 Å². The fraction of sp³-hybridized carbons (Fsp3) is 0.312. The molecular weight excluding hydrogens is 575 g/mol. The van der Waals surface area contributed by atoms with Gasteiger partial charge in [0, 0.05) is 0 Å². The molecule has 198 valence electrons. The second kappa shape index (κ2) is 18.4. The molecular formula is C32H44Cl2SiZr-4. The number of halogens is 2. The van der Waals surface area contributed by atoms with Crippen LogP contribution in [0, 0.1) is 37.8 Å². The summed E-state index contributed by atoms with van der Waals surface area (Å²) < 4.78 is 0. The van der Waals surface area contributed by atoms with Gasteiger partial charge < -0.3 is 14.9 Å². The summed E-state index contributed by atoms with van der Waals surface area (Å²) in [6.45, 7) is 15.5. The SMILES string of the molecule is CC(C)(C)C1=CC(c2ccccc2)=[C-]C1.CC(C)(C)C1=CC(c2ccccc2)=[C-]C1.Cl.Cl.[CH3-].[CH3-].[SiH2]=[Zr]. The molecule has 0 saturated heterocycles. The van der Waals surface area contributed by atoms with Crippen molar-refractivity contribution in [2.24, 2.45) is 10.8 Å². The molecule has 2 aliphatic rings. The van der Waals surface area contributed by atoms with E-state index in [0.717, 1.165) is 12.8 Å². The molecule has 0 aromatic heterocycles. The van der Waals surface area contributed by atoms with Crippen LogP contribution in [0.5, 0.6) is 0 Å². The van der Waals surface area contributed by atoms with Crippen LogP contribution in [0.1, 0.15) is 65.5 Å². The van der Waals surface area contributed by atoms with Gasteiger partial charge in [-0.2, -0.15) is 35.5 Å². The van der Waals surface area contributed by atoms with Crippen LogP contribution in [0.25, 0.3) is 11.1 Å². The zero-order valence-electron chi connectivity index (χ0n) is 23.4. The first kappa shape index (κ1) is 39.6. The fourth-order valence-electron chi connectivity index (χ4n) is 3.50. The Bertz CT molecular complexity index is 922. The molecule has 0 heterocycles. The zero-order chi connectivity index (χ0) is 23.8. The van der Waals surface area contributed by atoms with Crippen molar-refractivity contribution in [1.29, 1.82) is 0 Å². The van der Waals surface area contributed by atoms with Gasteiger partial charge in [-0.3, -0.25) is 0 Å². The first-order valence-corrected chi connectivity index (χ1v) is 17.2. The summed E-state index contributed by atoms with van der Waals surface area (Å²) in [6.07, 6.45) is 13.4. The third-order valence-corrected chi connectivity index (χ3v) is 5.67. The summed E-state index contributed by atoms with van der Waals surface area (Å²) in [5.74, 6) is 0. The second-order valence-electron chi connectivity index (χ2n) is 10.1. The number of hydrogen-bond donors (Lipinski definition) is 0. The van der Waals surface area contributed by atoms with Crippen molar-refractivity contribution >= 4 is 42.8 Å². The summed E-state index contributed by atoms with van der Waals surface area (Å²) in [5, 5.41) is 0. The number of rotatable bonds is 2. The second-order valence-corrected chi connectivity index (χ2v) is 10.1. The maximum absolute atomic E-state index is 3.45. The molecule has 0 amide bonds. The molecule has 0 saturated carbocycles. The summed E-state index contributed by atoms with van der Waals surface area (Å²) in [5.41, 5.74) is 8.53. The van der Waals surface area contributed by atoms with Gasteiger partial charge in [0.25, 0.3) is 0 Å². The Balaban J connectivity index is -0.000000513. The minimum atomic E-state index is 0. The molecule has 0 N–H and O–H groups in total. The molecule has 4 rings (SSSR count). The molecule has 0 fully saturated rings. The summed E-state index contributed by atoms with van der Waals surface area (Å²) in [7, 11) is 0. The van der Waals surface area contributed by atoms with Gasteiger partial charge in [0.1, 0.15) is 0 Å². The molecule has 0 atom stereocenters. The van der Waals surface area contributed by atoms with E-state index in [4.69, 9.17) is 0 Å². The van der Waals surface area contributed by atoms with Crippen LogP contribution in [0.3, 0.4) is 0 Å². The Labute approximate surface area is 251 Å². The van der Waals surface area contributed by atoms with Crippen LogP contribution >= 0.6 is 24.8 Å². The van der Waals surface area contributed by atoms with Crippen molar-refractivity contribution in [2.75, 3.05) is 0 Å². The fourth-order valence-corrected chi connectivity index (χ4v) is 3.50. The predicted octanol–water partition coefficient (Wildman–Crippen LogP) is 9.32. The van der Waals surface area contributed by atoms with E-state index in [-0.39, 0.29) is 50.5 Å². The van der Waals surface area contributed by atoms with Gasteiger partial charge in [-0.25, -0.2) is 0 Å². The molecule has 0 bridgehead atoms. The summed E-state index contributed by atoms with van der Waals surface area (Å²) in [6, 6.07) is 21.0. The molecule has 2 aromatic carbocycles. The number of hydrogen-bond acceptors (Lipinski definition) is 0. The minimum absolute atomic E-state index is 0. The van der Waals surface area contributed by atoms with Gasteiger partial charge in [-0.15, -0.1) is 71.4 Å². The Morgan fingerprint density at radius 3 is 1.08 bits per heavy atom. The average molecular weight is 619 g/mol. The quantitative estimate of drug-likeness (QED) is 0.232. The Hall–Kier alpha value is -0.920. The maximum atomic E-state index is 3.45. The van der Waals surface area contributed by atoms with Gasteiger partial charge in [0.2, 0.25) is 0 Å². The molecule has 4 heteroatoms. The predicted molar refractivity (Wildman–Crippen MR) is 166 cm³/mol. The Morgan fingerprint density at radius 2 is 0.861 bits per heavy atom. The number of benzene rings is 2. The van der Waals surface area contributed by atoms with Crippen LogP contribution in [0.4, 0.5) is 0 Å². The van der Waals surface area contributed by atoms with E-state index in [1.54, 1.807) is 23.3 Å². The van der Waals surface area contributed by atoms with E-state index in [1.165, 1.54) is 33.4 Å². The van der Waals surface area contributed by atoms with E-state index in [0.29, 0.717) is 0 Å². The monoisotopic (exact) mass is 616 g/mol. The van der Waals surface area contributed by atoms with E-state index in [9.17, 15) is 0 Å². The summed E-state index contributed by atoms with van der Waals surface area (Å²) >= 11 is 1.58. The van der Waals surface area contributed by atoms with Crippen molar-refractivity contribution in [3.8, 4) is 0 Å². The van der Waals surface area contributed by atoms with E-state index in [2.05, 4.69) is 114 Å². The van der Waals surface area contributed by atoms with Crippen LogP contribution < -0.4 is 0 Å². The molecule has 2 aliphatic carbocycles. The number of allylic oxidation sites excluding steroid dienone is 8. The van der Waals surface area contributed by atoms with E-state index < -0.39 is 0 Å². The van der Waals surface area contributed by atoms with Crippen molar-refractivity contribution in [2.45, 2.75) is 54.4 Å². The van der Waals surface area contributed by atoms with E-state index >= 15 is 0 Å². The van der Waals surface area contributed by atoms with Crippen molar-refractivity contribution < 1.29 is 23.3 Å². The topological polar surface area (TPSA) is 0 Å². The van der Waals surface area contributed by atoms with Gasteiger partial charge >= 0.3 is 30.2 Å². The molecule has 0 spiro atoms. The van der Waals surface area contributed by atoms with Gasteiger partial charge in [-0.05, 0) is 10.8 Å². The molecule has 0 aliphatic heterocycles. The van der Waals surface area contributed by atoms with Crippen molar-refractivity contribution in [1.82, 2.24) is 0 Å². The standard InChI is InChI=1S/2C15H17.2CH3.2ClH.H2Si.Zr/c2*1-15(2,3)14-10-9-13(11-14)12-7-5-4-6-8-12;;;;;;/h2*4-8,11H,10H2,1-3H3;2*1H3;2*1H;1H2;/q4*-1;;;;. The summed E-state index contributed by atoms with van der Waals surface area (Å²) in [4.78, 5) is 0. The first-order chi connectivity index (χ1) is 15.1. The van der Waals surface area contributed by atoms with E-state index in [1.807, 2.05) is 19.0 Å². The van der Waals surface area contributed by atoms with Crippen LogP contribution in [-0.2, 0) is 23.3 Å². The van der Waals surface area contributed by atoms with Gasteiger partial charge in [0.15, 0.2) is 0 Å². The molecule has 0 unspecified atom stereocenters. The molecule has 36 heavy (non-hydrogen) atoms. The van der Waals surface area contributed by atoms with Crippen molar-refractivity contribution in [3.05, 3.63) is 122 Å². The normalized spacial score (nSPS) is 13.6. The zero-order valence-corrected chi connectivity index (χ0v) is 28.9. The third kappa shape index (κ3) is 12.1. The average Bonchev–Trinajstić information content (AvgIpc) is 3.47. The Kier molecular flexibility index (Phi) is 20.2. The molecule has 0 nitrogen and oxygen atoms in total. The van der Waals surface area contributed by atoms with Crippen LogP contribution in [0.15, 0.2) is 84.0 Å². The van der Waals surface area contributed by atoms with Gasteiger partial charge in [-0.1, -0.05) is 90.8 Å².